The molecule has 180 valence electrons. The molecule has 0 aliphatic carbocycles. The van der Waals surface area contributed by atoms with Gasteiger partial charge in [0.15, 0.2) is 0 Å². The van der Waals surface area contributed by atoms with E-state index < -0.39 is 23.9 Å². The minimum absolute atomic E-state index is 0. The summed E-state index contributed by atoms with van der Waals surface area (Å²) in [4.78, 5) is 39.2. The molecule has 0 amide bonds. The van der Waals surface area contributed by atoms with Crippen molar-refractivity contribution in [3.05, 3.63) is 0 Å². The first kappa shape index (κ1) is 40.6. The fraction of sp³-hybridized carbons (Fsp3) is 0.818. The third-order valence-electron chi connectivity index (χ3n) is 4.04. The number of carboxylic acids is 4. The molecule has 0 rings (SSSR count). The van der Waals surface area contributed by atoms with Gasteiger partial charge in [-0.15, -0.1) is 0 Å². The summed E-state index contributed by atoms with van der Waals surface area (Å²) in [5, 5.41) is 39.2. The summed E-state index contributed by atoms with van der Waals surface area (Å²) in [5.74, 6) is -4.22. The Morgan fingerprint density at radius 3 is 0.903 bits per heavy atom. The van der Waals surface area contributed by atoms with E-state index in [1.807, 2.05) is 13.8 Å². The average Bonchev–Trinajstić information content (AvgIpc) is 2.70. The Morgan fingerprint density at radius 1 is 0.581 bits per heavy atom. The Balaban J connectivity index is -0.000000101. The molecule has 0 heterocycles. The number of unbranched alkanes of at least 4 members (excludes halogenated alkanes) is 2. The molecule has 8 nitrogen and oxygen atoms in total. The summed E-state index contributed by atoms with van der Waals surface area (Å²) >= 11 is 0. The van der Waals surface area contributed by atoms with Crippen LogP contribution in [0.25, 0.3) is 0 Å². The van der Waals surface area contributed by atoms with Crippen LogP contribution in [0.15, 0.2) is 0 Å². The Kier molecular flexibility index (Phi) is 41.2. The van der Waals surface area contributed by atoms with Crippen molar-refractivity contribution in [2.75, 3.05) is 0 Å². The van der Waals surface area contributed by atoms with Gasteiger partial charge in [-0.3, -0.25) is 0 Å². The van der Waals surface area contributed by atoms with Crippen molar-refractivity contribution in [2.24, 2.45) is 11.8 Å². The molecule has 0 N–H and O–H groups in total. The minimum atomic E-state index is -0.995. The van der Waals surface area contributed by atoms with Crippen LogP contribution in [0.4, 0.5) is 0 Å². The van der Waals surface area contributed by atoms with Crippen LogP contribution >= 0.6 is 0 Å². The zero-order valence-electron chi connectivity index (χ0n) is 20.0. The SMILES string of the molecule is CCC(=O)[O-].CCC(=O)[O-].CCCCC(CC)C(=O)[O-].CCCCC(CC)C(=O)[O-].[Ce+4]. The summed E-state index contributed by atoms with van der Waals surface area (Å²) in [5.41, 5.74) is 0. The van der Waals surface area contributed by atoms with E-state index in [1.165, 1.54) is 13.8 Å². The molecule has 2 unspecified atom stereocenters. The summed E-state index contributed by atoms with van der Waals surface area (Å²) in [7, 11) is 0. The fourth-order valence-electron chi connectivity index (χ4n) is 1.88. The van der Waals surface area contributed by atoms with Crippen molar-refractivity contribution >= 4 is 23.9 Å². The molecule has 0 aromatic rings. The van der Waals surface area contributed by atoms with Crippen molar-refractivity contribution in [3.63, 3.8) is 0 Å². The van der Waals surface area contributed by atoms with Crippen molar-refractivity contribution in [2.45, 2.75) is 106 Å². The summed E-state index contributed by atoms with van der Waals surface area (Å²) in [6, 6.07) is 0. The van der Waals surface area contributed by atoms with Gasteiger partial charge in [0, 0.05) is 23.9 Å². The monoisotopic (exact) mass is 572 g/mol. The molecule has 2 atom stereocenters. The van der Waals surface area contributed by atoms with Gasteiger partial charge in [0.1, 0.15) is 0 Å². The largest absolute Gasteiger partial charge is 4.00 e. The van der Waals surface area contributed by atoms with E-state index in [0.29, 0.717) is 12.8 Å². The second-order valence-corrected chi connectivity index (χ2v) is 6.58. The van der Waals surface area contributed by atoms with Gasteiger partial charge in [-0.1, -0.05) is 67.2 Å². The molecule has 0 saturated heterocycles. The molecule has 0 bridgehead atoms. The standard InChI is InChI=1S/2C8H16O2.2C3H6O2.Ce/c2*1-3-5-6-7(4-2)8(9)10;2*1-2-3(4)5;/h2*7H,3-6H2,1-2H3,(H,9,10);2*2H2,1H3,(H,4,5);/q;;;;+4/p-4. The molecule has 0 aliphatic heterocycles. The zero-order valence-corrected chi connectivity index (χ0v) is 23.1. The average molecular weight is 573 g/mol. The maximum absolute atomic E-state index is 10.3. The van der Waals surface area contributed by atoms with Gasteiger partial charge in [-0.05, 0) is 50.4 Å². The van der Waals surface area contributed by atoms with E-state index in [-0.39, 0.29) is 66.4 Å². The first-order valence-corrected chi connectivity index (χ1v) is 10.8. The van der Waals surface area contributed by atoms with E-state index in [2.05, 4.69) is 13.8 Å². The Bertz CT molecular complexity index is 401. The third kappa shape index (κ3) is 40.2. The molecule has 0 aromatic carbocycles. The van der Waals surface area contributed by atoms with Crippen LogP contribution in [-0.4, -0.2) is 23.9 Å². The first-order valence-electron chi connectivity index (χ1n) is 10.8. The second-order valence-electron chi connectivity index (χ2n) is 6.58. The molecular formula is C22H40CeO8. The predicted octanol–water partition coefficient (Wildman–Crippen LogP) is 0.198. The van der Waals surface area contributed by atoms with Crippen LogP contribution in [-0.2, 0) is 19.2 Å². The molecular weight excluding hydrogens is 532 g/mol. The van der Waals surface area contributed by atoms with Gasteiger partial charge >= 0.3 is 41.7 Å². The van der Waals surface area contributed by atoms with Crippen LogP contribution in [0, 0.1) is 53.6 Å². The number of hydrogen-bond donors (Lipinski definition) is 0. The van der Waals surface area contributed by atoms with Gasteiger partial charge in [0.2, 0.25) is 0 Å². The maximum Gasteiger partial charge on any atom is 4.00 e. The summed E-state index contributed by atoms with van der Waals surface area (Å²) < 4.78 is 0. The van der Waals surface area contributed by atoms with Crippen LogP contribution < -0.4 is 20.4 Å². The first-order chi connectivity index (χ1) is 14.0. The van der Waals surface area contributed by atoms with Crippen molar-refractivity contribution in [1.82, 2.24) is 0 Å². The van der Waals surface area contributed by atoms with E-state index >= 15 is 0 Å². The normalized spacial score (nSPS) is 10.8. The van der Waals surface area contributed by atoms with E-state index in [9.17, 15) is 39.6 Å². The van der Waals surface area contributed by atoms with Gasteiger partial charge in [0.05, 0.1) is 0 Å². The number of carboxylic acid groups (broad SMARTS) is 4. The maximum atomic E-state index is 10.3. The third-order valence-corrected chi connectivity index (χ3v) is 4.04. The molecule has 0 aliphatic rings. The number of carbonyl (C=O) groups is 4. The topological polar surface area (TPSA) is 161 Å². The molecule has 31 heavy (non-hydrogen) atoms. The van der Waals surface area contributed by atoms with Crippen molar-refractivity contribution in [1.29, 1.82) is 0 Å². The van der Waals surface area contributed by atoms with E-state index in [0.717, 1.165) is 38.5 Å². The molecule has 0 spiro atoms. The van der Waals surface area contributed by atoms with E-state index in [4.69, 9.17) is 0 Å². The summed E-state index contributed by atoms with van der Waals surface area (Å²) in [6.07, 6.45) is 7.27. The fourth-order valence-corrected chi connectivity index (χ4v) is 1.88. The van der Waals surface area contributed by atoms with Crippen LogP contribution in [0.2, 0.25) is 0 Å². The number of aliphatic carboxylic acids is 4. The minimum Gasteiger partial charge on any atom is -0.550 e. The predicted molar refractivity (Wildman–Crippen MR) is 107 cm³/mol. The Hall–Kier alpha value is -0.743. The molecule has 0 aromatic heterocycles. The molecule has 0 saturated carbocycles. The van der Waals surface area contributed by atoms with Crippen molar-refractivity contribution < 1.29 is 81.4 Å². The quantitative estimate of drug-likeness (QED) is 0.320. The number of carbonyl (C=O) groups excluding carboxylic acids is 4. The molecule has 9 heteroatoms. The van der Waals surface area contributed by atoms with Crippen LogP contribution in [0.1, 0.15) is 106 Å². The molecule has 0 fully saturated rings. The van der Waals surface area contributed by atoms with Gasteiger partial charge in [0.25, 0.3) is 0 Å². The van der Waals surface area contributed by atoms with Gasteiger partial charge < -0.3 is 39.6 Å². The summed E-state index contributed by atoms with van der Waals surface area (Å²) in [6.45, 7) is 11.0. The number of rotatable bonds is 12. The zero-order chi connectivity index (χ0) is 24.5. The Morgan fingerprint density at radius 2 is 0.806 bits per heavy atom. The van der Waals surface area contributed by atoms with Gasteiger partial charge in [-0.2, -0.15) is 0 Å². The molecule has 0 radical (unpaired) electrons. The Labute approximate surface area is 221 Å². The van der Waals surface area contributed by atoms with Crippen molar-refractivity contribution in [3.8, 4) is 0 Å². The van der Waals surface area contributed by atoms with Crippen LogP contribution in [0.3, 0.4) is 0 Å². The second kappa shape index (κ2) is 31.4. The van der Waals surface area contributed by atoms with Crippen LogP contribution in [0.5, 0.6) is 0 Å². The van der Waals surface area contributed by atoms with E-state index in [1.54, 1.807) is 0 Å². The number of hydrogen-bond acceptors (Lipinski definition) is 8. The van der Waals surface area contributed by atoms with Gasteiger partial charge in [-0.25, -0.2) is 0 Å². The smallest absolute Gasteiger partial charge is 0.550 e.